The Morgan fingerprint density at radius 3 is 2.30 bits per heavy atom. The van der Waals surface area contributed by atoms with Crippen molar-refractivity contribution < 1.29 is 4.74 Å². The van der Waals surface area contributed by atoms with E-state index in [-0.39, 0.29) is 6.04 Å². The number of ether oxygens (including phenoxy) is 1. The molecule has 1 aliphatic heterocycles. The lowest BCUT2D eigenvalue weighted by Crippen LogP contribution is -2.39. The average molecular weight is 399 g/mol. The molecule has 30 heavy (non-hydrogen) atoms. The highest BCUT2D eigenvalue weighted by atomic mass is 16.5. The molecule has 3 heteroatoms. The number of hydrogen-bond acceptors (Lipinski definition) is 3. The van der Waals surface area contributed by atoms with Crippen molar-refractivity contribution in [2.24, 2.45) is 4.99 Å². The first-order valence-corrected chi connectivity index (χ1v) is 11.0. The molecule has 0 radical (unpaired) electrons. The normalized spacial score (nSPS) is 15.5. The summed E-state index contributed by atoms with van der Waals surface area (Å²) in [5.41, 5.74) is 4.68. The quantitative estimate of drug-likeness (QED) is 0.392. The van der Waals surface area contributed by atoms with E-state index in [1.54, 1.807) is 7.11 Å². The largest absolute Gasteiger partial charge is 0.497 e. The van der Waals surface area contributed by atoms with Crippen LogP contribution in [0.1, 0.15) is 55.3 Å². The fraction of sp³-hybridized carbons (Fsp3) is 0.296. The molecule has 0 N–H and O–H groups in total. The molecule has 3 aromatic rings. The number of amidine groups is 1. The molecule has 0 saturated carbocycles. The Morgan fingerprint density at radius 2 is 1.60 bits per heavy atom. The van der Waals surface area contributed by atoms with Crippen molar-refractivity contribution in [1.29, 1.82) is 0 Å². The number of nitrogens with zero attached hydrogens (tertiary/aromatic N) is 2. The summed E-state index contributed by atoms with van der Waals surface area (Å²) in [6, 6.07) is 27.8. The first-order chi connectivity index (χ1) is 14.8. The first-order valence-electron chi connectivity index (χ1n) is 11.0. The van der Waals surface area contributed by atoms with Crippen LogP contribution in [0.25, 0.3) is 0 Å². The zero-order valence-electron chi connectivity index (χ0n) is 17.9. The van der Waals surface area contributed by atoms with Crippen molar-refractivity contribution in [2.75, 3.05) is 13.7 Å². The van der Waals surface area contributed by atoms with Crippen LogP contribution in [0, 0.1) is 0 Å². The molecule has 3 nitrogen and oxygen atoms in total. The highest BCUT2D eigenvalue weighted by molar-refractivity contribution is 6.02. The van der Waals surface area contributed by atoms with Gasteiger partial charge in [0.2, 0.25) is 0 Å². The van der Waals surface area contributed by atoms with Gasteiger partial charge in [-0.1, -0.05) is 92.9 Å². The lowest BCUT2D eigenvalue weighted by atomic mass is 9.92. The molecule has 154 valence electrons. The molecule has 0 saturated heterocycles. The topological polar surface area (TPSA) is 24.8 Å². The van der Waals surface area contributed by atoms with E-state index >= 15 is 0 Å². The maximum atomic E-state index is 5.50. The molecule has 0 spiro atoms. The molecule has 0 bridgehead atoms. The molecule has 0 aliphatic carbocycles. The van der Waals surface area contributed by atoms with Crippen molar-refractivity contribution in [2.45, 2.75) is 38.6 Å². The van der Waals surface area contributed by atoms with Gasteiger partial charge < -0.3 is 9.64 Å². The zero-order chi connectivity index (χ0) is 20.8. The van der Waals surface area contributed by atoms with E-state index in [2.05, 4.69) is 84.6 Å². The fourth-order valence-electron chi connectivity index (χ4n) is 4.20. The number of fused-ring (bicyclic) bond motifs is 1. The second kappa shape index (κ2) is 9.62. The maximum Gasteiger partial charge on any atom is 0.137 e. The Bertz CT molecular complexity index is 982. The predicted molar refractivity (Wildman–Crippen MR) is 125 cm³/mol. The molecule has 0 fully saturated rings. The third-order valence-corrected chi connectivity index (χ3v) is 5.74. The Morgan fingerprint density at radius 1 is 0.867 bits per heavy atom. The van der Waals surface area contributed by atoms with Crippen LogP contribution in [-0.2, 0) is 0 Å². The van der Waals surface area contributed by atoms with E-state index in [1.165, 1.54) is 30.4 Å². The van der Waals surface area contributed by atoms with Crippen LogP contribution in [0.2, 0.25) is 0 Å². The molecular formula is C27H30N2O. The lowest BCUT2D eigenvalue weighted by molar-refractivity contribution is 0.340. The van der Waals surface area contributed by atoms with Crippen LogP contribution < -0.4 is 4.74 Å². The predicted octanol–water partition coefficient (Wildman–Crippen LogP) is 6.76. The van der Waals surface area contributed by atoms with Crippen molar-refractivity contribution in [3.63, 3.8) is 0 Å². The van der Waals surface area contributed by atoms with Crippen LogP contribution in [0.15, 0.2) is 83.9 Å². The molecule has 0 aromatic heterocycles. The van der Waals surface area contributed by atoms with Gasteiger partial charge in [-0.15, -0.1) is 0 Å². The van der Waals surface area contributed by atoms with E-state index in [0.29, 0.717) is 0 Å². The smallest absolute Gasteiger partial charge is 0.137 e. The second-order valence-corrected chi connectivity index (χ2v) is 7.79. The van der Waals surface area contributed by atoms with Crippen molar-refractivity contribution in [1.82, 2.24) is 4.90 Å². The molecule has 1 atom stereocenters. The highest BCUT2D eigenvalue weighted by Gasteiger charge is 2.31. The van der Waals surface area contributed by atoms with Crippen molar-refractivity contribution in [3.05, 3.63) is 95.6 Å². The number of methoxy groups -OCH3 is 1. The van der Waals surface area contributed by atoms with Gasteiger partial charge in [0.05, 0.1) is 18.8 Å². The SMILES string of the molecule is CCCCCCN1C(c2ccccc2)=Nc2cc(OC)ccc2C1c1ccccc1. The van der Waals surface area contributed by atoms with Crippen LogP contribution in [0.5, 0.6) is 5.75 Å². The zero-order valence-corrected chi connectivity index (χ0v) is 17.9. The van der Waals surface area contributed by atoms with Gasteiger partial charge in [0.1, 0.15) is 11.6 Å². The summed E-state index contributed by atoms with van der Waals surface area (Å²) < 4.78 is 5.50. The minimum absolute atomic E-state index is 0.140. The molecule has 0 amide bonds. The standard InChI is InChI=1S/C27H30N2O/c1-3-4-5-12-19-29-26(21-13-8-6-9-14-21)24-18-17-23(30-2)20-25(24)28-27(29)22-15-10-7-11-16-22/h6-11,13-18,20,26H,3-5,12,19H2,1-2H3. The Hall–Kier alpha value is -3.07. The summed E-state index contributed by atoms with van der Waals surface area (Å²) in [6.45, 7) is 3.24. The third-order valence-electron chi connectivity index (χ3n) is 5.74. The van der Waals surface area contributed by atoms with Crippen LogP contribution in [0.4, 0.5) is 5.69 Å². The highest BCUT2D eigenvalue weighted by Crippen LogP contribution is 2.42. The summed E-state index contributed by atoms with van der Waals surface area (Å²) in [4.78, 5) is 7.64. The molecule has 1 heterocycles. The van der Waals surface area contributed by atoms with Crippen LogP contribution >= 0.6 is 0 Å². The van der Waals surface area contributed by atoms with Gasteiger partial charge in [0, 0.05) is 23.7 Å². The summed E-state index contributed by atoms with van der Waals surface area (Å²) >= 11 is 0. The molecule has 3 aromatic carbocycles. The van der Waals surface area contributed by atoms with E-state index in [9.17, 15) is 0 Å². The number of rotatable bonds is 8. The van der Waals surface area contributed by atoms with Crippen molar-refractivity contribution >= 4 is 11.5 Å². The number of benzene rings is 3. The summed E-state index contributed by atoms with van der Waals surface area (Å²) in [6.07, 6.45) is 4.92. The number of unbranched alkanes of at least 4 members (excludes halogenated alkanes) is 3. The van der Waals surface area contributed by atoms with E-state index in [0.717, 1.165) is 35.8 Å². The van der Waals surface area contributed by atoms with E-state index < -0.39 is 0 Å². The molecule has 1 unspecified atom stereocenters. The Kier molecular flexibility index (Phi) is 6.48. The van der Waals surface area contributed by atoms with Gasteiger partial charge in [0.25, 0.3) is 0 Å². The van der Waals surface area contributed by atoms with E-state index in [1.807, 2.05) is 6.07 Å². The molecule has 4 rings (SSSR count). The van der Waals surface area contributed by atoms with Crippen molar-refractivity contribution in [3.8, 4) is 5.75 Å². The molecular weight excluding hydrogens is 368 g/mol. The number of aliphatic imine (C=N–C) groups is 1. The van der Waals surface area contributed by atoms with Gasteiger partial charge in [-0.2, -0.15) is 0 Å². The lowest BCUT2D eigenvalue weighted by Gasteiger charge is -2.39. The first kappa shape index (κ1) is 20.2. The third kappa shape index (κ3) is 4.25. The summed E-state index contributed by atoms with van der Waals surface area (Å²) in [5.74, 6) is 1.88. The van der Waals surface area contributed by atoms with Gasteiger partial charge in [-0.25, -0.2) is 4.99 Å². The van der Waals surface area contributed by atoms with Gasteiger partial charge in [-0.05, 0) is 18.1 Å². The van der Waals surface area contributed by atoms with Gasteiger partial charge in [-0.3, -0.25) is 0 Å². The minimum Gasteiger partial charge on any atom is -0.497 e. The molecule has 1 aliphatic rings. The van der Waals surface area contributed by atoms with Gasteiger partial charge >= 0.3 is 0 Å². The second-order valence-electron chi connectivity index (χ2n) is 7.79. The minimum atomic E-state index is 0.140. The van der Waals surface area contributed by atoms with E-state index in [4.69, 9.17) is 9.73 Å². The summed E-state index contributed by atoms with van der Waals surface area (Å²) in [5, 5.41) is 0. The Labute approximate surface area is 180 Å². The average Bonchev–Trinajstić information content (AvgIpc) is 2.82. The number of hydrogen-bond donors (Lipinski definition) is 0. The maximum absolute atomic E-state index is 5.50. The summed E-state index contributed by atoms with van der Waals surface area (Å²) in [7, 11) is 1.71. The van der Waals surface area contributed by atoms with Gasteiger partial charge in [0.15, 0.2) is 0 Å². The fourth-order valence-corrected chi connectivity index (χ4v) is 4.20. The monoisotopic (exact) mass is 398 g/mol. The van der Waals surface area contributed by atoms with Crippen LogP contribution in [-0.4, -0.2) is 24.4 Å². The van der Waals surface area contributed by atoms with Crippen LogP contribution in [0.3, 0.4) is 0 Å². The Balaban J connectivity index is 1.83.